The number of hydrogen-bond donors (Lipinski definition) is 0. The third-order valence-corrected chi connectivity index (χ3v) is 6.95. The second kappa shape index (κ2) is 5.40. The van der Waals surface area contributed by atoms with Gasteiger partial charge in [0.25, 0.3) is 0 Å². The highest BCUT2D eigenvalue weighted by molar-refractivity contribution is 5.66. The van der Waals surface area contributed by atoms with Gasteiger partial charge in [-0.1, -0.05) is 0 Å². The van der Waals surface area contributed by atoms with Gasteiger partial charge in [-0.15, -0.1) is 0 Å². The van der Waals surface area contributed by atoms with Crippen molar-refractivity contribution in [3.63, 3.8) is 0 Å². The fourth-order valence-corrected chi connectivity index (χ4v) is 5.97. The van der Waals surface area contributed by atoms with Crippen molar-refractivity contribution in [1.82, 2.24) is 0 Å². The minimum atomic E-state index is -0.837. The summed E-state index contributed by atoms with van der Waals surface area (Å²) in [5.41, 5.74) is 0. The number of rotatable bonds is 1. The van der Waals surface area contributed by atoms with E-state index in [1.165, 1.54) is 39.0 Å². The smallest absolute Gasteiger partial charge is 0.302 e. The monoisotopic (exact) mass is 338 g/mol. The molecule has 5 aliphatic carbocycles. The number of hydrogen-bond acceptors (Lipinski definition) is 6. The van der Waals surface area contributed by atoms with Crippen LogP contribution in [0.1, 0.15) is 64.7 Å². The average molecular weight is 338 g/mol. The van der Waals surface area contributed by atoms with Crippen LogP contribution in [-0.4, -0.2) is 23.6 Å². The normalized spacial score (nSPS) is 52.8. The zero-order valence-electron chi connectivity index (χ0n) is 14.2. The fraction of sp³-hybridized carbons (Fsp3) is 0.944. The van der Waals surface area contributed by atoms with Crippen LogP contribution in [0.4, 0.5) is 0 Å². The molecule has 6 aliphatic rings. The summed E-state index contributed by atoms with van der Waals surface area (Å²) in [6.45, 7) is 1.44. The highest BCUT2D eigenvalue weighted by Gasteiger charge is 2.64. The van der Waals surface area contributed by atoms with Crippen molar-refractivity contribution in [3.05, 3.63) is 0 Å². The van der Waals surface area contributed by atoms with E-state index in [0.29, 0.717) is 37.5 Å². The lowest BCUT2D eigenvalue weighted by atomic mass is 9.53. The topological polar surface area (TPSA) is 63.2 Å². The summed E-state index contributed by atoms with van der Waals surface area (Å²) in [7, 11) is 0. The minimum absolute atomic E-state index is 0.0580. The molecule has 1 saturated heterocycles. The lowest BCUT2D eigenvalue weighted by molar-refractivity contribution is -0.680. The zero-order valence-corrected chi connectivity index (χ0v) is 14.2. The maximum atomic E-state index is 11.1. The summed E-state index contributed by atoms with van der Waals surface area (Å²) in [6, 6.07) is 0. The molecular weight excluding hydrogens is 312 g/mol. The van der Waals surface area contributed by atoms with Gasteiger partial charge in [-0.05, 0) is 56.8 Å². The Bertz CT molecular complexity index is 484. The number of ether oxygens (including phenoxy) is 1. The SMILES string of the molecule is CC(=O)OC1CCC2(CC1)OOC1(OO2)C2CC3CC(C2)CC1C3. The molecule has 0 aromatic carbocycles. The van der Waals surface area contributed by atoms with Gasteiger partial charge >= 0.3 is 5.97 Å². The largest absolute Gasteiger partial charge is 0.463 e. The lowest BCUT2D eigenvalue weighted by Crippen LogP contribution is -2.64. The zero-order chi connectivity index (χ0) is 16.4. The molecule has 1 aliphatic heterocycles. The summed E-state index contributed by atoms with van der Waals surface area (Å²) in [5, 5.41) is 0. The van der Waals surface area contributed by atoms with Crippen molar-refractivity contribution in [2.45, 2.75) is 82.4 Å². The number of esters is 1. The third-order valence-electron chi connectivity index (χ3n) is 6.95. The van der Waals surface area contributed by atoms with E-state index in [4.69, 9.17) is 24.3 Å². The van der Waals surface area contributed by atoms with Crippen molar-refractivity contribution in [2.24, 2.45) is 23.7 Å². The molecule has 6 nitrogen and oxygen atoms in total. The van der Waals surface area contributed by atoms with Crippen LogP contribution in [0.5, 0.6) is 0 Å². The molecule has 5 saturated carbocycles. The summed E-state index contributed by atoms with van der Waals surface area (Å²) >= 11 is 0. The molecule has 6 fully saturated rings. The molecule has 0 radical (unpaired) electrons. The van der Waals surface area contributed by atoms with Gasteiger partial charge in [-0.3, -0.25) is 4.79 Å². The molecule has 0 unspecified atom stereocenters. The molecule has 6 heteroatoms. The van der Waals surface area contributed by atoms with Crippen LogP contribution in [-0.2, 0) is 29.1 Å². The van der Waals surface area contributed by atoms with Gasteiger partial charge in [0.05, 0.1) is 0 Å². The van der Waals surface area contributed by atoms with Crippen molar-refractivity contribution >= 4 is 5.97 Å². The maximum Gasteiger partial charge on any atom is 0.302 e. The third kappa shape index (κ3) is 2.34. The Labute approximate surface area is 142 Å². The van der Waals surface area contributed by atoms with Gasteiger partial charge in [-0.25, -0.2) is 0 Å². The van der Waals surface area contributed by atoms with E-state index < -0.39 is 11.6 Å². The second-order valence-electron chi connectivity index (χ2n) is 8.58. The van der Waals surface area contributed by atoms with Crippen LogP contribution < -0.4 is 0 Å². The predicted octanol–water partition coefficient (Wildman–Crippen LogP) is 3.25. The molecule has 4 bridgehead atoms. The molecule has 1 heterocycles. The molecule has 134 valence electrons. The first-order valence-corrected chi connectivity index (χ1v) is 9.48. The summed E-state index contributed by atoms with van der Waals surface area (Å²) in [5.74, 6) is 0.691. The molecule has 2 spiro atoms. The average Bonchev–Trinajstić information content (AvgIpc) is 2.56. The summed E-state index contributed by atoms with van der Waals surface area (Å²) in [4.78, 5) is 34.8. The molecule has 0 N–H and O–H groups in total. The molecule has 0 aromatic rings. The molecule has 0 atom stereocenters. The van der Waals surface area contributed by atoms with Crippen LogP contribution in [0, 0.1) is 23.7 Å². The predicted molar refractivity (Wildman–Crippen MR) is 80.9 cm³/mol. The number of carbonyl (C=O) groups excluding carboxylic acids is 1. The Kier molecular flexibility index (Phi) is 3.50. The molecular formula is C18H26O6. The van der Waals surface area contributed by atoms with E-state index in [2.05, 4.69) is 0 Å². The van der Waals surface area contributed by atoms with Crippen LogP contribution in [0.15, 0.2) is 0 Å². The van der Waals surface area contributed by atoms with E-state index in [1.54, 1.807) is 0 Å². The van der Waals surface area contributed by atoms with E-state index in [1.807, 2.05) is 0 Å². The van der Waals surface area contributed by atoms with Gasteiger partial charge < -0.3 is 4.74 Å². The van der Waals surface area contributed by atoms with Gasteiger partial charge in [0.15, 0.2) is 0 Å². The Morgan fingerprint density at radius 2 is 1.42 bits per heavy atom. The first kappa shape index (κ1) is 15.6. The van der Waals surface area contributed by atoms with E-state index in [9.17, 15) is 4.79 Å². The molecule has 24 heavy (non-hydrogen) atoms. The van der Waals surface area contributed by atoms with Crippen LogP contribution in [0.25, 0.3) is 0 Å². The van der Waals surface area contributed by atoms with E-state index >= 15 is 0 Å². The molecule has 6 rings (SSSR count). The Morgan fingerprint density at radius 3 is 1.92 bits per heavy atom. The maximum absolute atomic E-state index is 11.1. The Hall–Kier alpha value is -0.690. The van der Waals surface area contributed by atoms with Gasteiger partial charge in [0.1, 0.15) is 6.10 Å². The fourth-order valence-electron chi connectivity index (χ4n) is 5.97. The number of carbonyl (C=O) groups is 1. The highest BCUT2D eigenvalue weighted by Crippen LogP contribution is 2.61. The van der Waals surface area contributed by atoms with Crippen LogP contribution in [0.3, 0.4) is 0 Å². The van der Waals surface area contributed by atoms with E-state index in [0.717, 1.165) is 11.8 Å². The first-order valence-electron chi connectivity index (χ1n) is 9.48. The Morgan fingerprint density at radius 1 is 0.875 bits per heavy atom. The standard InChI is InChI=1S/C18H26O6/c1-11(19)20-16-2-4-17(5-3-16)21-23-18(24-22-17)14-7-12-6-13(9-14)10-15(18)8-12/h12-16H,2-10H2,1H3. The minimum Gasteiger partial charge on any atom is -0.463 e. The highest BCUT2D eigenvalue weighted by atomic mass is 17.4. The van der Waals surface area contributed by atoms with Gasteiger partial charge in [0.2, 0.25) is 11.6 Å². The van der Waals surface area contributed by atoms with Crippen molar-refractivity contribution in [3.8, 4) is 0 Å². The van der Waals surface area contributed by atoms with Gasteiger partial charge in [-0.2, -0.15) is 19.6 Å². The van der Waals surface area contributed by atoms with Gasteiger partial charge in [0, 0.05) is 31.6 Å². The molecule has 0 aromatic heterocycles. The Balaban J connectivity index is 1.24. The van der Waals surface area contributed by atoms with Crippen LogP contribution >= 0.6 is 0 Å². The lowest BCUT2D eigenvalue weighted by Gasteiger charge is -2.60. The molecule has 0 amide bonds. The second-order valence-corrected chi connectivity index (χ2v) is 8.58. The van der Waals surface area contributed by atoms with Crippen molar-refractivity contribution < 1.29 is 29.1 Å². The first-order chi connectivity index (χ1) is 11.6. The van der Waals surface area contributed by atoms with Crippen molar-refractivity contribution in [1.29, 1.82) is 0 Å². The van der Waals surface area contributed by atoms with Crippen molar-refractivity contribution in [2.75, 3.05) is 0 Å². The summed E-state index contributed by atoms with van der Waals surface area (Å²) < 4.78 is 5.28. The summed E-state index contributed by atoms with van der Waals surface area (Å²) in [6.07, 6.45) is 8.63. The van der Waals surface area contributed by atoms with E-state index in [-0.39, 0.29) is 12.1 Å². The van der Waals surface area contributed by atoms with Crippen LogP contribution in [0.2, 0.25) is 0 Å². The quantitative estimate of drug-likeness (QED) is 0.540.